The van der Waals surface area contributed by atoms with E-state index in [2.05, 4.69) is 15.3 Å². The molecule has 0 radical (unpaired) electrons. The number of fused-ring (bicyclic) bond motifs is 2. The van der Waals surface area contributed by atoms with Crippen LogP contribution in [0.4, 0.5) is 17.6 Å². The number of pyridine rings is 2. The van der Waals surface area contributed by atoms with E-state index in [1.807, 2.05) is 6.92 Å². The van der Waals surface area contributed by atoms with Crippen LogP contribution in [-0.2, 0) is 22.2 Å². The molecule has 5 rings (SSSR count). The molecule has 44 heavy (non-hydrogen) atoms. The van der Waals surface area contributed by atoms with E-state index in [9.17, 15) is 32.3 Å². The van der Waals surface area contributed by atoms with E-state index in [0.717, 1.165) is 23.9 Å². The zero-order chi connectivity index (χ0) is 32.0. The smallest absolute Gasteiger partial charge is 0.424 e. The Morgan fingerprint density at radius 2 is 1.82 bits per heavy atom. The molecule has 2 aromatic heterocycles. The molecule has 0 spiro atoms. The third-order valence-electron chi connectivity index (χ3n) is 7.79. The number of methoxy groups -OCH3 is 1. The molecular weight excluding hydrogens is 584 g/mol. The van der Waals surface area contributed by atoms with Crippen molar-refractivity contribution in [1.82, 2.24) is 15.3 Å². The Morgan fingerprint density at radius 3 is 2.43 bits per heavy atom. The number of carbonyl (C=O) groups excluding carboxylic acids is 2. The summed E-state index contributed by atoms with van der Waals surface area (Å²) in [4.78, 5) is 34.2. The molecule has 1 aliphatic heterocycles. The second kappa shape index (κ2) is 11.1. The van der Waals surface area contributed by atoms with E-state index in [0.29, 0.717) is 17.3 Å². The quantitative estimate of drug-likeness (QED) is 0.252. The van der Waals surface area contributed by atoms with Crippen LogP contribution in [-0.4, -0.2) is 53.3 Å². The Kier molecular flexibility index (Phi) is 7.70. The van der Waals surface area contributed by atoms with Gasteiger partial charge in [-0.05, 0) is 61.9 Å². The first-order valence-corrected chi connectivity index (χ1v) is 13.5. The zero-order valence-corrected chi connectivity index (χ0v) is 23.9. The minimum atomic E-state index is -5.36. The monoisotopic (exact) mass is 612 g/mol. The van der Waals surface area contributed by atoms with Crippen molar-refractivity contribution in [3.8, 4) is 22.8 Å². The van der Waals surface area contributed by atoms with Crippen LogP contribution >= 0.6 is 0 Å². The number of nitrogens with two attached hydrogens (primary N) is 1. The van der Waals surface area contributed by atoms with Crippen LogP contribution in [0.1, 0.15) is 41.2 Å². The lowest BCUT2D eigenvalue weighted by molar-refractivity contribution is -0.265. The molecule has 13 heteroatoms. The van der Waals surface area contributed by atoms with Gasteiger partial charge in [0.1, 0.15) is 40.5 Å². The lowest BCUT2D eigenvalue weighted by Crippen LogP contribution is -2.51. The molecule has 2 aromatic carbocycles. The Labute approximate surface area is 249 Å². The number of ether oxygens (including phenoxy) is 2. The van der Waals surface area contributed by atoms with Crippen LogP contribution in [0.15, 0.2) is 54.6 Å². The van der Waals surface area contributed by atoms with Crippen LogP contribution in [0.5, 0.6) is 11.5 Å². The van der Waals surface area contributed by atoms with Gasteiger partial charge in [0.2, 0.25) is 11.5 Å². The minimum absolute atomic E-state index is 0.0293. The van der Waals surface area contributed by atoms with Gasteiger partial charge in [0.15, 0.2) is 0 Å². The van der Waals surface area contributed by atoms with Gasteiger partial charge in [-0.1, -0.05) is 13.0 Å². The highest BCUT2D eigenvalue weighted by Crippen LogP contribution is 2.47. The van der Waals surface area contributed by atoms with Gasteiger partial charge >= 0.3 is 6.18 Å². The van der Waals surface area contributed by atoms with E-state index in [1.165, 1.54) is 38.3 Å². The summed E-state index contributed by atoms with van der Waals surface area (Å²) in [7, 11) is 1.38. The first kappa shape index (κ1) is 30.7. The number of halogens is 4. The standard InChI is InChI=1S/C31H28F4N4O5/c1-4-20-10-7-17-11-18(12-22(43-3)24(17)38-20)27(40)37-14-30(42,31(33,34)35)23-13-21-26(44-15-29(21,2)28(36)41)25(39-23)16-5-8-19(32)9-6-16/h5-13,42H,4,14-15H2,1-3H3,(H2,36,41)(H,37,40)/t29-,30?/m0/s1. The molecule has 0 aliphatic carbocycles. The molecule has 230 valence electrons. The van der Waals surface area contributed by atoms with E-state index < -0.39 is 47.1 Å². The number of rotatable bonds is 8. The van der Waals surface area contributed by atoms with Crippen LogP contribution in [0.2, 0.25) is 0 Å². The van der Waals surface area contributed by atoms with Gasteiger partial charge in [0, 0.05) is 27.8 Å². The van der Waals surface area contributed by atoms with Crippen molar-refractivity contribution in [2.24, 2.45) is 5.73 Å². The average molecular weight is 613 g/mol. The third-order valence-corrected chi connectivity index (χ3v) is 7.79. The fraction of sp³-hybridized carbons (Fsp3) is 0.290. The van der Waals surface area contributed by atoms with Gasteiger partial charge in [0.25, 0.3) is 5.91 Å². The second-order valence-corrected chi connectivity index (χ2v) is 10.7. The van der Waals surface area contributed by atoms with Gasteiger partial charge in [-0.3, -0.25) is 9.59 Å². The maximum absolute atomic E-state index is 14.7. The van der Waals surface area contributed by atoms with Gasteiger partial charge in [-0.15, -0.1) is 0 Å². The normalized spacial score (nSPS) is 17.5. The number of primary amides is 1. The number of aromatic nitrogens is 2. The van der Waals surface area contributed by atoms with Crippen molar-refractivity contribution >= 4 is 22.7 Å². The summed E-state index contributed by atoms with van der Waals surface area (Å²) in [5, 5.41) is 13.9. The fourth-order valence-corrected chi connectivity index (χ4v) is 4.98. The number of hydrogen-bond donors (Lipinski definition) is 3. The molecule has 9 nitrogen and oxygen atoms in total. The van der Waals surface area contributed by atoms with Gasteiger partial charge in [0.05, 0.1) is 19.3 Å². The first-order valence-electron chi connectivity index (χ1n) is 13.5. The van der Waals surface area contributed by atoms with E-state index in [-0.39, 0.29) is 40.5 Å². The molecule has 0 saturated heterocycles. The number of nitrogens with one attached hydrogen (secondary N) is 1. The van der Waals surface area contributed by atoms with Crippen LogP contribution in [0.25, 0.3) is 22.2 Å². The molecular formula is C31H28F4N4O5. The number of nitrogens with zero attached hydrogens (tertiary/aromatic N) is 2. The first-order chi connectivity index (χ1) is 20.7. The number of carbonyl (C=O) groups is 2. The lowest BCUT2D eigenvalue weighted by atomic mass is 9.81. The molecule has 2 amide bonds. The Morgan fingerprint density at radius 1 is 1.11 bits per heavy atom. The molecule has 2 atom stereocenters. The zero-order valence-electron chi connectivity index (χ0n) is 23.9. The number of aliphatic hydroxyl groups is 1. The van der Waals surface area contributed by atoms with Gasteiger partial charge in [-0.25, -0.2) is 14.4 Å². The number of benzene rings is 2. The van der Waals surface area contributed by atoms with Crippen molar-refractivity contribution in [2.45, 2.75) is 37.5 Å². The van der Waals surface area contributed by atoms with E-state index in [1.54, 1.807) is 12.1 Å². The molecule has 4 N–H and O–H groups in total. The fourth-order valence-electron chi connectivity index (χ4n) is 4.98. The highest BCUT2D eigenvalue weighted by Gasteiger charge is 2.57. The third kappa shape index (κ3) is 5.17. The van der Waals surface area contributed by atoms with Gasteiger partial charge < -0.3 is 25.6 Å². The predicted octanol–water partition coefficient (Wildman–Crippen LogP) is 4.32. The number of aryl methyl sites for hydroxylation is 1. The van der Waals surface area contributed by atoms with Crippen molar-refractivity contribution in [3.63, 3.8) is 0 Å². The van der Waals surface area contributed by atoms with Gasteiger partial charge in [-0.2, -0.15) is 13.2 Å². The maximum Gasteiger partial charge on any atom is 0.424 e. The predicted molar refractivity (Wildman–Crippen MR) is 152 cm³/mol. The van der Waals surface area contributed by atoms with E-state index in [4.69, 9.17) is 15.2 Å². The van der Waals surface area contributed by atoms with Crippen LogP contribution in [0.3, 0.4) is 0 Å². The summed E-state index contributed by atoms with van der Waals surface area (Å²) in [5.74, 6) is -2.21. The Balaban J connectivity index is 1.57. The number of amides is 2. The Hall–Kier alpha value is -4.78. The summed E-state index contributed by atoms with van der Waals surface area (Å²) < 4.78 is 68.8. The van der Waals surface area contributed by atoms with Crippen molar-refractivity contribution in [2.75, 3.05) is 20.3 Å². The molecule has 0 fully saturated rings. The van der Waals surface area contributed by atoms with Crippen molar-refractivity contribution in [1.29, 1.82) is 0 Å². The summed E-state index contributed by atoms with van der Waals surface area (Å²) in [6, 6.07) is 11.8. The topological polar surface area (TPSA) is 137 Å². The highest BCUT2D eigenvalue weighted by molar-refractivity contribution is 6.00. The molecule has 3 heterocycles. The van der Waals surface area contributed by atoms with Crippen molar-refractivity contribution < 1.29 is 41.7 Å². The van der Waals surface area contributed by atoms with Crippen LogP contribution < -0.4 is 20.5 Å². The summed E-state index contributed by atoms with van der Waals surface area (Å²) in [6.07, 6.45) is -4.70. The molecule has 1 aliphatic rings. The van der Waals surface area contributed by atoms with E-state index >= 15 is 0 Å². The SMILES string of the molecule is CCc1ccc2cc(C(=O)NCC(O)(c3cc4c(c(-c5ccc(F)cc5)n3)OC[C@]4(C)C(N)=O)C(F)(F)F)cc(OC)c2n1. The lowest BCUT2D eigenvalue weighted by Gasteiger charge is -2.31. The highest BCUT2D eigenvalue weighted by atomic mass is 19.4. The molecule has 1 unspecified atom stereocenters. The molecule has 4 aromatic rings. The molecule has 0 saturated carbocycles. The summed E-state index contributed by atoms with van der Waals surface area (Å²) in [6.45, 7) is 1.67. The largest absolute Gasteiger partial charge is 0.494 e. The Bertz CT molecular complexity index is 1780. The second-order valence-electron chi connectivity index (χ2n) is 10.7. The summed E-state index contributed by atoms with van der Waals surface area (Å²) in [5.41, 5.74) is 0.554. The van der Waals surface area contributed by atoms with Crippen LogP contribution in [0, 0.1) is 5.82 Å². The summed E-state index contributed by atoms with van der Waals surface area (Å²) >= 11 is 0. The van der Waals surface area contributed by atoms with Crippen molar-refractivity contribution in [3.05, 3.63) is 82.9 Å². The minimum Gasteiger partial charge on any atom is -0.494 e. The molecule has 0 bridgehead atoms. The number of alkyl halides is 3. The maximum atomic E-state index is 14.7. The average Bonchev–Trinajstić information content (AvgIpc) is 3.35. The number of hydrogen-bond acceptors (Lipinski definition) is 7.